The Labute approximate surface area is 84.2 Å². The highest BCUT2D eigenvalue weighted by Crippen LogP contribution is 2.28. The van der Waals surface area contributed by atoms with Gasteiger partial charge in [0, 0.05) is 0 Å². The fourth-order valence-electron chi connectivity index (χ4n) is 0.944. The summed E-state index contributed by atoms with van der Waals surface area (Å²) in [6, 6.07) is 0. The van der Waals surface area contributed by atoms with E-state index < -0.39 is 5.82 Å². The Morgan fingerprint density at radius 3 is 3.00 bits per heavy atom. The normalized spacial score (nSPS) is 16.4. The first-order valence-electron chi connectivity index (χ1n) is 4.03. The van der Waals surface area contributed by atoms with E-state index in [1.807, 2.05) is 0 Å². The Morgan fingerprint density at radius 2 is 2.43 bits per heavy atom. The Balaban J connectivity index is 2.13. The number of nitrogens with two attached hydrogens (primary N) is 1. The van der Waals surface area contributed by atoms with Crippen LogP contribution >= 0.6 is 11.8 Å². The zero-order chi connectivity index (χ0) is 9.97. The monoisotopic (exact) mass is 216 g/mol. The third-order valence-electron chi connectivity index (χ3n) is 1.73. The Kier molecular flexibility index (Phi) is 2.80. The van der Waals surface area contributed by atoms with Gasteiger partial charge in [0.25, 0.3) is 0 Å². The summed E-state index contributed by atoms with van der Waals surface area (Å²) in [6.07, 6.45) is 1.10. The number of rotatable bonds is 3. The standard InChI is InChI=1S/C7H9FN4OS/c8-5-1-10-7(12-9)11-6(5)14-4-2-13-3-4/h1,4H,2-3,9H2,(H,10,11,12). The van der Waals surface area contributed by atoms with E-state index in [1.165, 1.54) is 11.8 Å². The average Bonchev–Trinajstić information content (AvgIpc) is 2.14. The molecule has 7 heteroatoms. The number of ether oxygens (including phenoxy) is 1. The van der Waals surface area contributed by atoms with E-state index in [1.54, 1.807) is 0 Å². The van der Waals surface area contributed by atoms with Crippen LogP contribution in [0.2, 0.25) is 0 Å². The fraction of sp³-hybridized carbons (Fsp3) is 0.429. The minimum Gasteiger partial charge on any atom is -0.379 e. The lowest BCUT2D eigenvalue weighted by Gasteiger charge is -2.24. The third kappa shape index (κ3) is 1.94. The number of anilines is 1. The molecule has 76 valence electrons. The number of hydrazine groups is 1. The van der Waals surface area contributed by atoms with E-state index in [4.69, 9.17) is 10.6 Å². The summed E-state index contributed by atoms with van der Waals surface area (Å²) in [6.45, 7) is 1.28. The Bertz CT molecular complexity index is 333. The molecule has 2 heterocycles. The van der Waals surface area contributed by atoms with Gasteiger partial charge < -0.3 is 4.74 Å². The topological polar surface area (TPSA) is 73.1 Å². The number of hydrogen-bond acceptors (Lipinski definition) is 6. The molecule has 0 aromatic carbocycles. The maximum absolute atomic E-state index is 13.2. The molecule has 1 aliphatic rings. The van der Waals surface area contributed by atoms with Crippen LogP contribution in [-0.2, 0) is 4.74 Å². The number of nitrogens with zero attached hydrogens (tertiary/aromatic N) is 2. The molecule has 5 nitrogen and oxygen atoms in total. The van der Waals surface area contributed by atoms with Crippen molar-refractivity contribution in [3.05, 3.63) is 12.0 Å². The van der Waals surface area contributed by atoms with Gasteiger partial charge in [-0.3, -0.25) is 5.43 Å². The maximum Gasteiger partial charge on any atom is 0.238 e. The van der Waals surface area contributed by atoms with Gasteiger partial charge in [-0.25, -0.2) is 20.2 Å². The predicted octanol–water partition coefficient (Wildman–Crippen LogP) is 0.392. The molecule has 1 fully saturated rings. The molecule has 0 radical (unpaired) electrons. The van der Waals surface area contributed by atoms with E-state index in [0.717, 1.165) is 6.20 Å². The van der Waals surface area contributed by atoms with Crippen LogP contribution < -0.4 is 11.3 Å². The quantitative estimate of drug-likeness (QED) is 0.432. The van der Waals surface area contributed by atoms with Crippen LogP contribution in [0.5, 0.6) is 0 Å². The van der Waals surface area contributed by atoms with Gasteiger partial charge >= 0.3 is 0 Å². The molecule has 2 rings (SSSR count). The molecule has 0 spiro atoms. The van der Waals surface area contributed by atoms with Crippen LogP contribution in [-0.4, -0.2) is 28.4 Å². The third-order valence-corrected chi connectivity index (χ3v) is 2.84. The highest BCUT2D eigenvalue weighted by molar-refractivity contribution is 8.00. The zero-order valence-corrected chi connectivity index (χ0v) is 8.05. The van der Waals surface area contributed by atoms with Gasteiger partial charge in [-0.15, -0.1) is 0 Å². The molecule has 0 saturated carbocycles. The molecule has 1 aromatic heterocycles. The second kappa shape index (κ2) is 4.07. The van der Waals surface area contributed by atoms with Crippen molar-refractivity contribution in [2.75, 3.05) is 18.6 Å². The summed E-state index contributed by atoms with van der Waals surface area (Å²) in [5.41, 5.74) is 2.27. The summed E-state index contributed by atoms with van der Waals surface area (Å²) in [5, 5.41) is 0.589. The van der Waals surface area contributed by atoms with E-state index in [9.17, 15) is 4.39 Å². The van der Waals surface area contributed by atoms with Crippen molar-refractivity contribution in [1.29, 1.82) is 0 Å². The second-order valence-corrected chi connectivity index (χ2v) is 4.06. The van der Waals surface area contributed by atoms with Crippen molar-refractivity contribution in [3.63, 3.8) is 0 Å². The van der Waals surface area contributed by atoms with Gasteiger partial charge in [0.2, 0.25) is 5.95 Å². The SMILES string of the molecule is NNc1ncc(F)c(SC2COC2)n1. The van der Waals surface area contributed by atoms with Crippen molar-refractivity contribution >= 4 is 17.7 Å². The number of nitrogens with one attached hydrogen (secondary N) is 1. The molecule has 0 aliphatic carbocycles. The molecule has 1 aromatic rings. The lowest BCUT2D eigenvalue weighted by molar-refractivity contribution is 0.0454. The van der Waals surface area contributed by atoms with Crippen LogP contribution in [0.25, 0.3) is 0 Å². The van der Waals surface area contributed by atoms with Crippen LogP contribution in [0.3, 0.4) is 0 Å². The lowest BCUT2D eigenvalue weighted by atomic mass is 10.4. The molecule has 0 amide bonds. The smallest absolute Gasteiger partial charge is 0.238 e. The summed E-state index contributed by atoms with van der Waals surface area (Å²) in [7, 11) is 0. The van der Waals surface area contributed by atoms with Crippen LogP contribution in [0, 0.1) is 5.82 Å². The van der Waals surface area contributed by atoms with Gasteiger partial charge in [0.1, 0.15) is 5.03 Å². The highest BCUT2D eigenvalue weighted by Gasteiger charge is 2.22. The highest BCUT2D eigenvalue weighted by atomic mass is 32.2. The Morgan fingerprint density at radius 1 is 1.64 bits per heavy atom. The van der Waals surface area contributed by atoms with E-state index in [2.05, 4.69) is 15.4 Å². The van der Waals surface area contributed by atoms with E-state index in [0.29, 0.717) is 18.2 Å². The zero-order valence-electron chi connectivity index (χ0n) is 7.24. The maximum atomic E-state index is 13.2. The molecule has 1 aliphatic heterocycles. The van der Waals surface area contributed by atoms with Gasteiger partial charge in [-0.1, -0.05) is 11.8 Å². The van der Waals surface area contributed by atoms with Gasteiger partial charge in [-0.2, -0.15) is 0 Å². The Hall–Kier alpha value is -0.920. The minimum absolute atomic E-state index is 0.217. The second-order valence-electron chi connectivity index (χ2n) is 2.77. The molecule has 1 saturated heterocycles. The molecular weight excluding hydrogens is 207 g/mol. The van der Waals surface area contributed by atoms with Gasteiger partial charge in [-0.05, 0) is 0 Å². The van der Waals surface area contributed by atoms with Crippen molar-refractivity contribution in [2.45, 2.75) is 10.3 Å². The number of halogens is 1. The summed E-state index contributed by atoms with van der Waals surface area (Å²) in [5.74, 6) is 4.90. The number of hydrogen-bond donors (Lipinski definition) is 2. The van der Waals surface area contributed by atoms with Crippen LogP contribution in [0.4, 0.5) is 10.3 Å². The van der Waals surface area contributed by atoms with Crippen molar-refractivity contribution < 1.29 is 9.13 Å². The minimum atomic E-state index is -0.430. The van der Waals surface area contributed by atoms with Crippen LogP contribution in [0.15, 0.2) is 11.2 Å². The molecular formula is C7H9FN4OS. The first kappa shape index (κ1) is 9.63. The van der Waals surface area contributed by atoms with Gasteiger partial charge in [0.05, 0.1) is 24.7 Å². The summed E-state index contributed by atoms with van der Waals surface area (Å²) >= 11 is 1.34. The summed E-state index contributed by atoms with van der Waals surface area (Å²) in [4.78, 5) is 7.54. The molecule has 3 N–H and O–H groups in total. The largest absolute Gasteiger partial charge is 0.379 e. The van der Waals surface area contributed by atoms with E-state index in [-0.39, 0.29) is 11.2 Å². The van der Waals surface area contributed by atoms with Crippen molar-refractivity contribution in [1.82, 2.24) is 9.97 Å². The summed E-state index contributed by atoms with van der Waals surface area (Å²) < 4.78 is 18.1. The molecule has 14 heavy (non-hydrogen) atoms. The van der Waals surface area contributed by atoms with Crippen molar-refractivity contribution in [2.24, 2.45) is 5.84 Å². The molecule has 0 atom stereocenters. The number of thioether (sulfide) groups is 1. The molecule has 0 unspecified atom stereocenters. The van der Waals surface area contributed by atoms with Crippen molar-refractivity contribution in [3.8, 4) is 0 Å². The fourth-order valence-corrected chi connectivity index (χ4v) is 1.89. The average molecular weight is 216 g/mol. The lowest BCUT2D eigenvalue weighted by Crippen LogP contribution is -2.30. The predicted molar refractivity (Wildman–Crippen MR) is 50.3 cm³/mol. The first-order valence-corrected chi connectivity index (χ1v) is 4.91. The van der Waals surface area contributed by atoms with Crippen LogP contribution in [0.1, 0.15) is 0 Å². The number of aromatic nitrogens is 2. The first-order chi connectivity index (χ1) is 6.79. The van der Waals surface area contributed by atoms with E-state index >= 15 is 0 Å². The number of nitrogen functional groups attached to an aromatic ring is 1. The van der Waals surface area contributed by atoms with Gasteiger partial charge in [0.15, 0.2) is 5.82 Å². The molecule has 0 bridgehead atoms.